The first-order valence-corrected chi connectivity index (χ1v) is 7.21. The summed E-state index contributed by atoms with van der Waals surface area (Å²) in [6, 6.07) is 8.53. The summed E-state index contributed by atoms with van der Waals surface area (Å²) in [6.45, 7) is 2.16. The SMILES string of the molecule is CC(NCc1cccc(OC(F)(F)F)c1)C(=O)NCc1ccco1. The van der Waals surface area contributed by atoms with E-state index in [4.69, 9.17) is 4.42 Å². The van der Waals surface area contributed by atoms with Gasteiger partial charge in [-0.2, -0.15) is 0 Å². The number of nitrogens with one attached hydrogen (secondary N) is 2. The molecule has 1 atom stereocenters. The molecule has 0 spiro atoms. The molecule has 1 unspecified atom stereocenters. The van der Waals surface area contributed by atoms with Crippen LogP contribution in [0.15, 0.2) is 47.1 Å². The summed E-state index contributed by atoms with van der Waals surface area (Å²) in [7, 11) is 0. The fourth-order valence-corrected chi connectivity index (χ4v) is 1.96. The lowest BCUT2D eigenvalue weighted by Gasteiger charge is -2.14. The molecule has 8 heteroatoms. The normalized spacial score (nSPS) is 12.7. The van der Waals surface area contributed by atoms with Crippen molar-refractivity contribution in [3.05, 3.63) is 54.0 Å². The Labute approximate surface area is 136 Å². The molecule has 5 nitrogen and oxygen atoms in total. The van der Waals surface area contributed by atoms with E-state index in [1.807, 2.05) is 0 Å². The zero-order valence-electron chi connectivity index (χ0n) is 12.9. The van der Waals surface area contributed by atoms with E-state index in [-0.39, 0.29) is 24.7 Å². The van der Waals surface area contributed by atoms with Crippen LogP contribution < -0.4 is 15.4 Å². The number of rotatable bonds is 7. The van der Waals surface area contributed by atoms with E-state index in [0.717, 1.165) is 0 Å². The summed E-state index contributed by atoms with van der Waals surface area (Å²) in [5.41, 5.74) is 0.572. The highest BCUT2D eigenvalue weighted by molar-refractivity contribution is 5.81. The Kier molecular flexibility index (Phi) is 5.86. The highest BCUT2D eigenvalue weighted by Gasteiger charge is 2.31. The molecular formula is C16H17F3N2O3. The first-order valence-electron chi connectivity index (χ1n) is 7.21. The van der Waals surface area contributed by atoms with Crippen molar-refractivity contribution < 1.29 is 27.1 Å². The van der Waals surface area contributed by atoms with Crippen molar-refractivity contribution in [2.24, 2.45) is 0 Å². The van der Waals surface area contributed by atoms with E-state index < -0.39 is 12.4 Å². The third kappa shape index (κ3) is 5.96. The molecule has 24 heavy (non-hydrogen) atoms. The van der Waals surface area contributed by atoms with E-state index in [1.165, 1.54) is 24.5 Å². The fourth-order valence-electron chi connectivity index (χ4n) is 1.96. The van der Waals surface area contributed by atoms with Gasteiger partial charge in [0.15, 0.2) is 0 Å². The fraction of sp³-hybridized carbons (Fsp3) is 0.312. The quantitative estimate of drug-likeness (QED) is 0.812. The van der Waals surface area contributed by atoms with Gasteiger partial charge in [0.05, 0.1) is 18.8 Å². The Morgan fingerprint density at radius 1 is 1.25 bits per heavy atom. The smallest absolute Gasteiger partial charge is 0.467 e. The van der Waals surface area contributed by atoms with Crippen molar-refractivity contribution in [1.29, 1.82) is 0 Å². The van der Waals surface area contributed by atoms with Crippen LogP contribution in [0.5, 0.6) is 5.75 Å². The number of hydrogen-bond acceptors (Lipinski definition) is 4. The predicted octanol–water partition coefficient (Wildman–Crippen LogP) is 2.97. The highest BCUT2D eigenvalue weighted by Crippen LogP contribution is 2.23. The molecule has 0 fully saturated rings. The molecule has 0 saturated carbocycles. The number of furan rings is 1. The lowest BCUT2D eigenvalue weighted by molar-refractivity contribution is -0.274. The third-order valence-corrected chi connectivity index (χ3v) is 3.15. The van der Waals surface area contributed by atoms with Gasteiger partial charge in [0, 0.05) is 6.54 Å². The Morgan fingerprint density at radius 2 is 2.04 bits per heavy atom. The Morgan fingerprint density at radius 3 is 2.71 bits per heavy atom. The van der Waals surface area contributed by atoms with Gasteiger partial charge < -0.3 is 19.8 Å². The second kappa shape index (κ2) is 7.87. The van der Waals surface area contributed by atoms with Gasteiger partial charge in [0.2, 0.25) is 5.91 Å². The summed E-state index contributed by atoms with van der Waals surface area (Å²) in [4.78, 5) is 11.9. The van der Waals surface area contributed by atoms with Gasteiger partial charge in [-0.05, 0) is 36.8 Å². The molecule has 1 heterocycles. The van der Waals surface area contributed by atoms with E-state index in [9.17, 15) is 18.0 Å². The topological polar surface area (TPSA) is 63.5 Å². The van der Waals surface area contributed by atoms with Gasteiger partial charge in [-0.15, -0.1) is 13.2 Å². The van der Waals surface area contributed by atoms with E-state index in [2.05, 4.69) is 15.4 Å². The lowest BCUT2D eigenvalue weighted by Crippen LogP contribution is -2.41. The monoisotopic (exact) mass is 342 g/mol. The predicted molar refractivity (Wildman–Crippen MR) is 80.0 cm³/mol. The molecule has 2 rings (SSSR count). The number of carbonyl (C=O) groups excluding carboxylic acids is 1. The summed E-state index contributed by atoms with van der Waals surface area (Å²) < 4.78 is 45.6. The molecule has 1 aromatic carbocycles. The van der Waals surface area contributed by atoms with Crippen molar-refractivity contribution in [2.45, 2.75) is 32.4 Å². The first-order chi connectivity index (χ1) is 11.3. The molecule has 0 aliphatic carbocycles. The molecule has 0 saturated heterocycles. The molecule has 130 valence electrons. The zero-order valence-corrected chi connectivity index (χ0v) is 12.9. The second-order valence-corrected chi connectivity index (χ2v) is 5.09. The first kappa shape index (κ1) is 17.9. The Hall–Kier alpha value is -2.48. The van der Waals surface area contributed by atoms with Crippen LogP contribution in [0.2, 0.25) is 0 Å². The standard InChI is InChI=1S/C16H17F3N2O3/c1-11(15(22)21-10-14-6-3-7-23-14)20-9-12-4-2-5-13(8-12)24-16(17,18)19/h2-8,11,20H,9-10H2,1H3,(H,21,22). The summed E-state index contributed by atoms with van der Waals surface area (Å²) in [5.74, 6) is 0.0957. The van der Waals surface area contributed by atoms with Crippen LogP contribution >= 0.6 is 0 Å². The number of hydrogen-bond donors (Lipinski definition) is 2. The molecule has 0 radical (unpaired) electrons. The van der Waals surface area contributed by atoms with Crippen molar-refractivity contribution in [2.75, 3.05) is 0 Å². The second-order valence-electron chi connectivity index (χ2n) is 5.09. The lowest BCUT2D eigenvalue weighted by atomic mass is 10.2. The van der Waals surface area contributed by atoms with Crippen molar-refractivity contribution >= 4 is 5.91 Å². The number of alkyl halides is 3. The van der Waals surface area contributed by atoms with Crippen molar-refractivity contribution in [1.82, 2.24) is 10.6 Å². The molecule has 0 aliphatic heterocycles. The van der Waals surface area contributed by atoms with E-state index in [0.29, 0.717) is 11.3 Å². The third-order valence-electron chi connectivity index (χ3n) is 3.15. The van der Waals surface area contributed by atoms with Crippen molar-refractivity contribution in [3.63, 3.8) is 0 Å². The summed E-state index contributed by atoms with van der Waals surface area (Å²) >= 11 is 0. The number of ether oxygens (including phenoxy) is 1. The molecule has 1 amide bonds. The number of benzene rings is 1. The molecule has 2 aromatic rings. The highest BCUT2D eigenvalue weighted by atomic mass is 19.4. The maximum atomic E-state index is 12.2. The minimum absolute atomic E-state index is 0.227. The van der Waals surface area contributed by atoms with Gasteiger partial charge in [0.1, 0.15) is 11.5 Å². The van der Waals surface area contributed by atoms with Crippen LogP contribution in [0.1, 0.15) is 18.2 Å². The van der Waals surface area contributed by atoms with Crippen molar-refractivity contribution in [3.8, 4) is 5.75 Å². The Bertz CT molecular complexity index is 657. The van der Waals surface area contributed by atoms with Crippen LogP contribution in [-0.2, 0) is 17.9 Å². The summed E-state index contributed by atoms with van der Waals surface area (Å²) in [5, 5.41) is 5.63. The van der Waals surface area contributed by atoms with E-state index >= 15 is 0 Å². The number of halogens is 3. The molecular weight excluding hydrogens is 325 g/mol. The van der Waals surface area contributed by atoms with Crippen LogP contribution in [0, 0.1) is 0 Å². The number of carbonyl (C=O) groups is 1. The molecule has 2 N–H and O–H groups in total. The maximum Gasteiger partial charge on any atom is 0.573 e. The summed E-state index contributed by atoms with van der Waals surface area (Å²) in [6.07, 6.45) is -3.22. The van der Waals surface area contributed by atoms with Gasteiger partial charge in [-0.1, -0.05) is 12.1 Å². The van der Waals surface area contributed by atoms with Gasteiger partial charge in [-0.25, -0.2) is 0 Å². The van der Waals surface area contributed by atoms with E-state index in [1.54, 1.807) is 25.1 Å². The van der Waals surface area contributed by atoms with Gasteiger partial charge >= 0.3 is 6.36 Å². The van der Waals surface area contributed by atoms with Crippen LogP contribution in [0.25, 0.3) is 0 Å². The minimum atomic E-state index is -4.73. The van der Waals surface area contributed by atoms with Crippen LogP contribution in [0.4, 0.5) is 13.2 Å². The van der Waals surface area contributed by atoms with Gasteiger partial charge in [-0.3, -0.25) is 4.79 Å². The minimum Gasteiger partial charge on any atom is -0.467 e. The number of amides is 1. The average molecular weight is 342 g/mol. The van der Waals surface area contributed by atoms with Crippen LogP contribution in [-0.4, -0.2) is 18.3 Å². The molecule has 1 aromatic heterocycles. The molecule has 0 aliphatic rings. The van der Waals surface area contributed by atoms with Crippen LogP contribution in [0.3, 0.4) is 0 Å². The average Bonchev–Trinajstić information content (AvgIpc) is 3.02. The maximum absolute atomic E-state index is 12.2. The zero-order chi connectivity index (χ0) is 17.6. The molecule has 0 bridgehead atoms. The largest absolute Gasteiger partial charge is 0.573 e. The van der Waals surface area contributed by atoms with Gasteiger partial charge in [0.25, 0.3) is 0 Å². The Balaban J connectivity index is 1.81.